The molecule has 3 rings (SSSR count). The molecule has 0 aliphatic heterocycles. The summed E-state index contributed by atoms with van der Waals surface area (Å²) in [6.07, 6.45) is 2.61. The van der Waals surface area contributed by atoms with Gasteiger partial charge in [0.05, 0.1) is 23.0 Å². The zero-order chi connectivity index (χ0) is 18.6. The van der Waals surface area contributed by atoms with Crippen molar-refractivity contribution in [1.82, 2.24) is 9.97 Å². The molecule has 0 saturated carbocycles. The number of hydrogen-bond donors (Lipinski definition) is 1. The number of carbonyl (C=O) groups excluding carboxylic acids is 1. The summed E-state index contributed by atoms with van der Waals surface area (Å²) >= 11 is 0. The molecule has 0 spiro atoms. The standard InChI is InChI=1S/C18H15N3O4S/c1-13(22)14-6-5-9-17(10-14)26(23,24)21-15-11-19-18(20-12-15)25-16-7-3-2-4-8-16/h2-12,21H,1H3. The number of carbonyl (C=O) groups is 1. The van der Waals surface area contributed by atoms with E-state index in [4.69, 9.17) is 4.74 Å². The first-order valence-electron chi connectivity index (χ1n) is 7.63. The van der Waals surface area contributed by atoms with Crippen molar-refractivity contribution in [3.05, 3.63) is 72.6 Å². The van der Waals surface area contributed by atoms with Gasteiger partial charge >= 0.3 is 6.01 Å². The van der Waals surface area contributed by atoms with Crippen molar-refractivity contribution in [3.8, 4) is 11.8 Å². The highest BCUT2D eigenvalue weighted by molar-refractivity contribution is 7.92. The number of benzene rings is 2. The molecule has 0 bridgehead atoms. The van der Waals surface area contributed by atoms with Crippen molar-refractivity contribution in [3.63, 3.8) is 0 Å². The molecule has 0 aliphatic rings. The Bertz CT molecular complexity index is 1020. The lowest BCUT2D eigenvalue weighted by Crippen LogP contribution is -2.14. The van der Waals surface area contributed by atoms with Crippen LogP contribution in [0.4, 0.5) is 5.69 Å². The fraction of sp³-hybridized carbons (Fsp3) is 0.0556. The highest BCUT2D eigenvalue weighted by Crippen LogP contribution is 2.19. The molecule has 0 radical (unpaired) electrons. The van der Waals surface area contributed by atoms with Crippen molar-refractivity contribution in [2.45, 2.75) is 11.8 Å². The maximum atomic E-state index is 12.4. The average Bonchev–Trinajstić information content (AvgIpc) is 2.64. The van der Waals surface area contributed by atoms with Crippen molar-refractivity contribution in [2.24, 2.45) is 0 Å². The van der Waals surface area contributed by atoms with Gasteiger partial charge in [-0.1, -0.05) is 30.3 Å². The van der Waals surface area contributed by atoms with E-state index in [1.807, 2.05) is 18.2 Å². The smallest absolute Gasteiger partial charge is 0.322 e. The van der Waals surface area contributed by atoms with Crippen LogP contribution in [-0.2, 0) is 10.0 Å². The van der Waals surface area contributed by atoms with Crippen LogP contribution in [0.15, 0.2) is 71.9 Å². The molecule has 0 fully saturated rings. The second-order valence-electron chi connectivity index (χ2n) is 5.36. The highest BCUT2D eigenvalue weighted by atomic mass is 32.2. The SMILES string of the molecule is CC(=O)c1cccc(S(=O)(=O)Nc2cnc(Oc3ccccc3)nc2)c1. The molecule has 0 aliphatic carbocycles. The normalized spacial score (nSPS) is 11.0. The lowest BCUT2D eigenvalue weighted by molar-refractivity contribution is 0.101. The van der Waals surface area contributed by atoms with Gasteiger partial charge in [0.15, 0.2) is 5.78 Å². The van der Waals surface area contributed by atoms with E-state index in [0.717, 1.165) is 0 Å². The Labute approximate surface area is 150 Å². The molecule has 0 amide bonds. The minimum absolute atomic E-state index is 0.0187. The Hall–Kier alpha value is -3.26. The van der Waals surface area contributed by atoms with Gasteiger partial charge in [0.25, 0.3) is 10.0 Å². The summed E-state index contributed by atoms with van der Waals surface area (Å²) in [6, 6.07) is 14.9. The van der Waals surface area contributed by atoms with E-state index in [2.05, 4.69) is 14.7 Å². The van der Waals surface area contributed by atoms with Gasteiger partial charge < -0.3 is 4.74 Å². The zero-order valence-electron chi connectivity index (χ0n) is 13.8. The number of ether oxygens (including phenoxy) is 1. The maximum Gasteiger partial charge on any atom is 0.322 e. The predicted molar refractivity (Wildman–Crippen MR) is 95.8 cm³/mol. The Morgan fingerprint density at radius 1 is 1.00 bits per heavy atom. The molecule has 2 aromatic carbocycles. The summed E-state index contributed by atoms with van der Waals surface area (Å²) < 4.78 is 32.7. The number of hydrogen-bond acceptors (Lipinski definition) is 6. The van der Waals surface area contributed by atoms with Crippen molar-refractivity contribution in [2.75, 3.05) is 4.72 Å². The molecule has 1 heterocycles. The van der Waals surface area contributed by atoms with Crippen LogP contribution in [-0.4, -0.2) is 24.2 Å². The highest BCUT2D eigenvalue weighted by Gasteiger charge is 2.16. The zero-order valence-corrected chi connectivity index (χ0v) is 14.6. The summed E-state index contributed by atoms with van der Waals surface area (Å²) in [5.74, 6) is 0.356. The van der Waals surface area contributed by atoms with Crippen molar-refractivity contribution < 1.29 is 17.9 Å². The lowest BCUT2D eigenvalue weighted by Gasteiger charge is -2.09. The molecule has 0 saturated heterocycles. The molecule has 1 aromatic heterocycles. The number of sulfonamides is 1. The Morgan fingerprint density at radius 3 is 2.35 bits per heavy atom. The van der Waals surface area contributed by atoms with Crippen LogP contribution >= 0.6 is 0 Å². The molecule has 3 aromatic rings. The molecule has 8 heteroatoms. The van der Waals surface area contributed by atoms with Gasteiger partial charge in [-0.05, 0) is 31.2 Å². The Morgan fingerprint density at radius 2 is 1.69 bits per heavy atom. The molecule has 0 atom stereocenters. The number of ketones is 1. The van der Waals surface area contributed by atoms with Gasteiger partial charge in [-0.25, -0.2) is 18.4 Å². The molecule has 26 heavy (non-hydrogen) atoms. The number of Topliss-reactive ketones (excluding diaryl/α,β-unsaturated/α-hetero) is 1. The first kappa shape index (κ1) is 17.6. The number of nitrogens with one attached hydrogen (secondary N) is 1. The van der Waals surface area contributed by atoms with E-state index >= 15 is 0 Å². The maximum absolute atomic E-state index is 12.4. The van der Waals surface area contributed by atoms with Gasteiger partial charge in [-0.15, -0.1) is 0 Å². The third-order valence-corrected chi connectivity index (χ3v) is 4.76. The number of aromatic nitrogens is 2. The van der Waals surface area contributed by atoms with Crippen LogP contribution in [0, 0.1) is 0 Å². The quantitative estimate of drug-likeness (QED) is 0.670. The van der Waals surface area contributed by atoms with Gasteiger partial charge in [0, 0.05) is 5.56 Å². The van der Waals surface area contributed by atoms with E-state index in [1.165, 1.54) is 37.5 Å². The first-order valence-corrected chi connectivity index (χ1v) is 9.11. The second-order valence-corrected chi connectivity index (χ2v) is 7.04. The van der Waals surface area contributed by atoms with Crippen LogP contribution in [0.1, 0.15) is 17.3 Å². The molecule has 1 N–H and O–H groups in total. The Kier molecular flexibility index (Phi) is 4.94. The summed E-state index contributed by atoms with van der Waals surface area (Å²) in [5, 5.41) is 0. The molecular weight excluding hydrogens is 354 g/mol. The van der Waals surface area contributed by atoms with Crippen LogP contribution in [0.5, 0.6) is 11.8 Å². The number of para-hydroxylation sites is 1. The van der Waals surface area contributed by atoms with E-state index in [9.17, 15) is 13.2 Å². The minimum atomic E-state index is -3.86. The van der Waals surface area contributed by atoms with Crippen molar-refractivity contribution in [1.29, 1.82) is 0 Å². The number of anilines is 1. The third-order valence-electron chi connectivity index (χ3n) is 3.38. The molecule has 132 valence electrons. The first-order chi connectivity index (χ1) is 12.4. The number of rotatable bonds is 6. The van der Waals surface area contributed by atoms with Gasteiger partial charge in [0.2, 0.25) is 0 Å². The molecule has 7 nitrogen and oxygen atoms in total. The van der Waals surface area contributed by atoms with Crippen LogP contribution < -0.4 is 9.46 Å². The fourth-order valence-electron chi connectivity index (χ4n) is 2.11. The van der Waals surface area contributed by atoms with E-state index < -0.39 is 10.0 Å². The van der Waals surface area contributed by atoms with Crippen LogP contribution in [0.2, 0.25) is 0 Å². The van der Waals surface area contributed by atoms with Gasteiger partial charge in [0.1, 0.15) is 5.75 Å². The minimum Gasteiger partial charge on any atom is -0.424 e. The van der Waals surface area contributed by atoms with Gasteiger partial charge in [-0.3, -0.25) is 9.52 Å². The fourth-order valence-corrected chi connectivity index (χ4v) is 3.19. The van der Waals surface area contributed by atoms with E-state index in [-0.39, 0.29) is 22.4 Å². The molecule has 0 unspecified atom stereocenters. The van der Waals surface area contributed by atoms with Crippen molar-refractivity contribution >= 4 is 21.5 Å². The number of nitrogens with zero attached hydrogens (tertiary/aromatic N) is 2. The summed E-state index contributed by atoms with van der Waals surface area (Å²) in [7, 11) is -3.86. The van der Waals surface area contributed by atoms with Crippen LogP contribution in [0.3, 0.4) is 0 Å². The second kappa shape index (κ2) is 7.32. The Balaban J connectivity index is 1.76. The predicted octanol–water partition coefficient (Wildman–Crippen LogP) is 3.27. The van der Waals surface area contributed by atoms with E-state index in [1.54, 1.807) is 18.2 Å². The van der Waals surface area contributed by atoms with E-state index in [0.29, 0.717) is 11.3 Å². The summed E-state index contributed by atoms with van der Waals surface area (Å²) in [6.45, 7) is 1.37. The lowest BCUT2D eigenvalue weighted by atomic mass is 10.2. The van der Waals surface area contributed by atoms with Gasteiger partial charge in [-0.2, -0.15) is 0 Å². The van der Waals surface area contributed by atoms with Crippen LogP contribution in [0.25, 0.3) is 0 Å². The largest absolute Gasteiger partial charge is 0.424 e. The third kappa shape index (κ3) is 4.22. The monoisotopic (exact) mass is 369 g/mol. The average molecular weight is 369 g/mol. The summed E-state index contributed by atoms with van der Waals surface area (Å²) in [5.41, 5.74) is 0.495. The topological polar surface area (TPSA) is 98.2 Å². The molecular formula is C18H15N3O4S. The summed E-state index contributed by atoms with van der Waals surface area (Å²) in [4.78, 5) is 19.4.